The van der Waals surface area contributed by atoms with Gasteiger partial charge >= 0.3 is 0 Å². The van der Waals surface area contributed by atoms with E-state index in [4.69, 9.17) is 11.6 Å². The SMILES string of the molecule is C/C(=N\NC(=O)c1ccc(Cl)s1)c1cccnc1. The number of nitrogens with one attached hydrogen (secondary N) is 1. The molecule has 2 rings (SSSR count). The molecule has 2 aromatic heterocycles. The Balaban J connectivity index is 2.05. The van der Waals surface area contributed by atoms with E-state index in [1.165, 1.54) is 11.3 Å². The van der Waals surface area contributed by atoms with Gasteiger partial charge in [0.15, 0.2) is 0 Å². The van der Waals surface area contributed by atoms with Crippen molar-refractivity contribution < 1.29 is 4.79 Å². The fourth-order valence-electron chi connectivity index (χ4n) is 1.27. The molecule has 6 heteroatoms. The van der Waals surface area contributed by atoms with Crippen molar-refractivity contribution in [3.63, 3.8) is 0 Å². The van der Waals surface area contributed by atoms with Gasteiger partial charge in [-0.25, -0.2) is 5.43 Å². The molecule has 0 fully saturated rings. The van der Waals surface area contributed by atoms with Crippen LogP contribution in [0.5, 0.6) is 0 Å². The summed E-state index contributed by atoms with van der Waals surface area (Å²) in [7, 11) is 0. The van der Waals surface area contributed by atoms with Crippen molar-refractivity contribution in [2.24, 2.45) is 5.10 Å². The van der Waals surface area contributed by atoms with Crippen molar-refractivity contribution in [3.8, 4) is 0 Å². The van der Waals surface area contributed by atoms with Gasteiger partial charge < -0.3 is 0 Å². The monoisotopic (exact) mass is 279 g/mol. The van der Waals surface area contributed by atoms with E-state index in [9.17, 15) is 4.79 Å². The van der Waals surface area contributed by atoms with Crippen LogP contribution in [0.4, 0.5) is 0 Å². The lowest BCUT2D eigenvalue weighted by Gasteiger charge is -2.00. The molecule has 4 nitrogen and oxygen atoms in total. The van der Waals surface area contributed by atoms with E-state index in [-0.39, 0.29) is 5.91 Å². The second-order valence-electron chi connectivity index (χ2n) is 3.48. The van der Waals surface area contributed by atoms with Crippen LogP contribution in [0.2, 0.25) is 4.34 Å². The Labute approximate surface area is 113 Å². The molecule has 1 N–H and O–H groups in total. The highest BCUT2D eigenvalue weighted by Crippen LogP contribution is 2.21. The number of rotatable bonds is 3. The zero-order valence-corrected chi connectivity index (χ0v) is 11.1. The van der Waals surface area contributed by atoms with Crippen LogP contribution in [0.15, 0.2) is 41.8 Å². The maximum absolute atomic E-state index is 11.7. The van der Waals surface area contributed by atoms with Crippen LogP contribution < -0.4 is 5.43 Å². The molecule has 92 valence electrons. The van der Waals surface area contributed by atoms with Gasteiger partial charge in [-0.2, -0.15) is 5.10 Å². The molecule has 0 aliphatic rings. The summed E-state index contributed by atoms with van der Waals surface area (Å²) in [5.74, 6) is -0.268. The Morgan fingerprint density at radius 2 is 2.28 bits per heavy atom. The highest BCUT2D eigenvalue weighted by atomic mass is 35.5. The van der Waals surface area contributed by atoms with E-state index in [2.05, 4.69) is 15.5 Å². The second-order valence-corrected chi connectivity index (χ2v) is 5.20. The third kappa shape index (κ3) is 3.15. The lowest BCUT2D eigenvalue weighted by molar-refractivity contribution is 0.0959. The zero-order chi connectivity index (χ0) is 13.0. The Morgan fingerprint density at radius 3 is 2.89 bits per heavy atom. The number of carbonyl (C=O) groups is 1. The highest BCUT2D eigenvalue weighted by molar-refractivity contribution is 7.17. The first-order valence-corrected chi connectivity index (χ1v) is 6.36. The van der Waals surface area contributed by atoms with Gasteiger partial charge in [0, 0.05) is 18.0 Å². The topological polar surface area (TPSA) is 54.4 Å². The molecule has 0 saturated carbocycles. The molecule has 0 saturated heterocycles. The summed E-state index contributed by atoms with van der Waals surface area (Å²) in [5, 5.41) is 4.02. The molecule has 18 heavy (non-hydrogen) atoms. The molecule has 0 aliphatic heterocycles. The normalized spacial score (nSPS) is 11.3. The van der Waals surface area contributed by atoms with Crippen molar-refractivity contribution in [1.82, 2.24) is 10.4 Å². The van der Waals surface area contributed by atoms with Gasteiger partial charge in [-0.15, -0.1) is 11.3 Å². The number of carbonyl (C=O) groups excluding carboxylic acids is 1. The van der Waals surface area contributed by atoms with E-state index in [0.29, 0.717) is 14.9 Å². The average molecular weight is 280 g/mol. The summed E-state index contributed by atoms with van der Waals surface area (Å²) in [4.78, 5) is 16.2. The molecule has 0 radical (unpaired) electrons. The van der Waals surface area contributed by atoms with Crippen molar-refractivity contribution in [2.45, 2.75) is 6.92 Å². The summed E-state index contributed by atoms with van der Waals surface area (Å²) in [5.41, 5.74) is 4.04. The number of halogens is 1. The molecule has 2 aromatic rings. The fraction of sp³-hybridized carbons (Fsp3) is 0.0833. The summed E-state index contributed by atoms with van der Waals surface area (Å²) in [6.45, 7) is 1.80. The first-order valence-electron chi connectivity index (χ1n) is 5.17. The van der Waals surface area contributed by atoms with Crippen LogP contribution in [-0.2, 0) is 0 Å². The maximum Gasteiger partial charge on any atom is 0.281 e. The number of amides is 1. The van der Waals surface area contributed by atoms with E-state index in [0.717, 1.165) is 5.56 Å². The number of pyridine rings is 1. The first-order chi connectivity index (χ1) is 8.66. The number of hydrogen-bond donors (Lipinski definition) is 1. The number of hydrazone groups is 1. The maximum atomic E-state index is 11.7. The Morgan fingerprint density at radius 1 is 1.44 bits per heavy atom. The third-order valence-electron chi connectivity index (χ3n) is 2.20. The average Bonchev–Trinajstić information content (AvgIpc) is 2.83. The molecule has 0 aromatic carbocycles. The minimum atomic E-state index is -0.268. The molecule has 2 heterocycles. The van der Waals surface area contributed by atoms with E-state index in [1.54, 1.807) is 31.5 Å². The molecule has 0 bridgehead atoms. The van der Waals surface area contributed by atoms with Crippen molar-refractivity contribution in [1.29, 1.82) is 0 Å². The van der Waals surface area contributed by atoms with Crippen molar-refractivity contribution >= 4 is 34.6 Å². The van der Waals surface area contributed by atoms with Gasteiger partial charge in [-0.05, 0) is 25.1 Å². The largest absolute Gasteiger partial charge is 0.281 e. The van der Waals surface area contributed by atoms with Crippen LogP contribution in [0.3, 0.4) is 0 Å². The summed E-state index contributed by atoms with van der Waals surface area (Å²) >= 11 is 6.97. The summed E-state index contributed by atoms with van der Waals surface area (Å²) < 4.78 is 0.577. The molecular weight excluding hydrogens is 270 g/mol. The van der Waals surface area contributed by atoms with E-state index >= 15 is 0 Å². The molecule has 0 atom stereocenters. The van der Waals surface area contributed by atoms with Gasteiger partial charge in [0.2, 0.25) is 0 Å². The zero-order valence-electron chi connectivity index (χ0n) is 9.55. The van der Waals surface area contributed by atoms with Gasteiger partial charge in [0.05, 0.1) is 14.9 Å². The van der Waals surface area contributed by atoms with Gasteiger partial charge in [0.25, 0.3) is 5.91 Å². The minimum Gasteiger partial charge on any atom is -0.266 e. The number of nitrogens with zero attached hydrogens (tertiary/aromatic N) is 2. The smallest absolute Gasteiger partial charge is 0.266 e. The summed E-state index contributed by atoms with van der Waals surface area (Å²) in [6, 6.07) is 7.03. The predicted molar refractivity (Wildman–Crippen MR) is 73.2 cm³/mol. The highest BCUT2D eigenvalue weighted by Gasteiger charge is 2.07. The molecule has 0 unspecified atom stereocenters. The quantitative estimate of drug-likeness (QED) is 0.694. The fourth-order valence-corrected chi connectivity index (χ4v) is 2.20. The van der Waals surface area contributed by atoms with Crippen LogP contribution in [0.25, 0.3) is 0 Å². The van der Waals surface area contributed by atoms with E-state index < -0.39 is 0 Å². The third-order valence-corrected chi connectivity index (χ3v) is 3.43. The van der Waals surface area contributed by atoms with Gasteiger partial charge in [0.1, 0.15) is 0 Å². The molecule has 0 spiro atoms. The second kappa shape index (κ2) is 5.75. The standard InChI is InChI=1S/C12H10ClN3OS/c1-8(9-3-2-6-14-7-9)15-16-12(17)10-4-5-11(13)18-10/h2-7H,1H3,(H,16,17)/b15-8+. The number of thiophene rings is 1. The number of hydrogen-bond acceptors (Lipinski definition) is 4. The molecule has 0 aliphatic carbocycles. The lowest BCUT2D eigenvalue weighted by Crippen LogP contribution is -2.18. The van der Waals surface area contributed by atoms with E-state index in [1.807, 2.05) is 12.1 Å². The van der Waals surface area contributed by atoms with Crippen LogP contribution in [0.1, 0.15) is 22.2 Å². The lowest BCUT2D eigenvalue weighted by atomic mass is 10.2. The Hall–Kier alpha value is -1.72. The van der Waals surface area contributed by atoms with Gasteiger partial charge in [-0.1, -0.05) is 17.7 Å². The van der Waals surface area contributed by atoms with Crippen molar-refractivity contribution in [2.75, 3.05) is 0 Å². The Kier molecular flexibility index (Phi) is 4.07. The van der Waals surface area contributed by atoms with Crippen LogP contribution >= 0.6 is 22.9 Å². The molecular formula is C12H10ClN3OS. The van der Waals surface area contributed by atoms with Crippen LogP contribution in [-0.4, -0.2) is 16.6 Å². The van der Waals surface area contributed by atoms with Crippen LogP contribution in [0, 0.1) is 0 Å². The first kappa shape index (κ1) is 12.7. The number of aromatic nitrogens is 1. The molecule has 1 amide bonds. The predicted octanol–water partition coefficient (Wildman–Crippen LogP) is 2.95. The minimum absolute atomic E-state index is 0.268. The Bertz CT molecular complexity index is 580. The van der Waals surface area contributed by atoms with Gasteiger partial charge in [-0.3, -0.25) is 9.78 Å². The summed E-state index contributed by atoms with van der Waals surface area (Å²) in [6.07, 6.45) is 3.37. The van der Waals surface area contributed by atoms with Crippen molar-refractivity contribution in [3.05, 3.63) is 51.4 Å².